The summed E-state index contributed by atoms with van der Waals surface area (Å²) in [5.41, 5.74) is 5.68. The molecule has 0 heterocycles. The molecule has 0 nitrogen and oxygen atoms in total. The van der Waals surface area contributed by atoms with E-state index in [9.17, 15) is 0 Å². The molecule has 1 heteroatoms. The Hall–Kier alpha value is -0.820. The van der Waals surface area contributed by atoms with E-state index >= 15 is 0 Å². The van der Waals surface area contributed by atoms with E-state index in [0.717, 1.165) is 0 Å². The van der Waals surface area contributed by atoms with Crippen LogP contribution in [0.15, 0.2) is 42.5 Å². The number of aryl methyl sites for hydroxylation is 2. The Morgan fingerprint density at radius 3 is 1.79 bits per heavy atom. The van der Waals surface area contributed by atoms with Crippen molar-refractivity contribution >= 4 is 6.08 Å². The monoisotopic (exact) mass is 549 g/mol. The van der Waals surface area contributed by atoms with Crippen LogP contribution in [0.5, 0.6) is 0 Å². The molecule has 1 aliphatic carbocycles. The molecule has 0 radical (unpaired) electrons. The summed E-state index contributed by atoms with van der Waals surface area (Å²) >= 11 is 0. The first-order chi connectivity index (χ1) is 9.72. The van der Waals surface area contributed by atoms with Crippen LogP contribution >= 0.6 is 0 Å². The summed E-state index contributed by atoms with van der Waals surface area (Å²) in [5, 5.41) is 0. The topological polar surface area (TPSA) is 0 Å². The molecule has 2 aromatic rings. The zero-order valence-corrected chi connectivity index (χ0v) is 23.9. The largest absolute Gasteiger partial charge is 0.358 e. The molecular formula is C27H45Hf-9. The zero-order valence-electron chi connectivity index (χ0n) is 20.3. The molecule has 1 aliphatic rings. The fraction of sp³-hybridized carbons (Fsp3) is 0.259. The molecule has 0 N–H and O–H groups in total. The summed E-state index contributed by atoms with van der Waals surface area (Å²) in [4.78, 5) is 0. The van der Waals surface area contributed by atoms with Gasteiger partial charge >= 0.3 is 0 Å². The Bertz CT molecular complexity index is 533. The van der Waals surface area contributed by atoms with Crippen LogP contribution in [-0.4, -0.2) is 0 Å². The van der Waals surface area contributed by atoms with Gasteiger partial charge in [-0.15, -0.1) is 11.6 Å². The predicted octanol–water partition coefficient (Wildman–Crippen LogP) is 8.96. The SMILES string of the molecule is CCCCC1[C-]=Cc2cc(C)c(C)cc21.[CH3-].[CH3-].[CH3-].[CH3-].[CH3-].[CH3-].[CH3-].[Hf].c1cc[cH-]c1. The van der Waals surface area contributed by atoms with Crippen molar-refractivity contribution in [2.75, 3.05) is 0 Å². The standard InChI is InChI=1S/C15H19.C5H5.7CH3.Hf/c1-4-5-6-13-7-8-14-9-11(2)12(3)10-15(13)14;1-2-4-5-3-1;;;;;;;;/h8-10,13H,4-6H2,1-3H3;1-5H;7*1H3;/q9*-1;. The molecule has 0 saturated carbocycles. The Balaban J connectivity index is -0.0000000608. The third-order valence-corrected chi connectivity index (χ3v) is 3.92. The third-order valence-electron chi connectivity index (χ3n) is 3.92. The fourth-order valence-corrected chi connectivity index (χ4v) is 2.54. The van der Waals surface area contributed by atoms with Gasteiger partial charge in [-0.1, -0.05) is 49.3 Å². The molecule has 0 bridgehead atoms. The van der Waals surface area contributed by atoms with Gasteiger partial charge in [-0.3, -0.25) is 6.08 Å². The quantitative estimate of drug-likeness (QED) is 0.266. The van der Waals surface area contributed by atoms with Gasteiger partial charge in [-0.05, 0) is 13.8 Å². The van der Waals surface area contributed by atoms with Crippen molar-refractivity contribution in [2.45, 2.75) is 46.0 Å². The number of fused-ring (bicyclic) bond motifs is 1. The van der Waals surface area contributed by atoms with E-state index in [4.69, 9.17) is 0 Å². The van der Waals surface area contributed by atoms with E-state index in [2.05, 4.69) is 45.1 Å². The van der Waals surface area contributed by atoms with E-state index in [1.54, 1.807) is 0 Å². The summed E-state index contributed by atoms with van der Waals surface area (Å²) < 4.78 is 0. The number of rotatable bonds is 3. The van der Waals surface area contributed by atoms with E-state index in [0.29, 0.717) is 5.92 Å². The van der Waals surface area contributed by atoms with Gasteiger partial charge < -0.3 is 52.0 Å². The molecule has 1 atom stereocenters. The van der Waals surface area contributed by atoms with E-state index in [1.807, 2.05) is 30.3 Å². The van der Waals surface area contributed by atoms with Gasteiger partial charge in [0, 0.05) is 25.8 Å². The van der Waals surface area contributed by atoms with E-state index in [1.165, 1.54) is 41.5 Å². The Labute approximate surface area is 200 Å². The van der Waals surface area contributed by atoms with Gasteiger partial charge in [-0.2, -0.15) is 23.8 Å². The zero-order chi connectivity index (χ0) is 14.4. The Morgan fingerprint density at radius 1 is 0.857 bits per heavy atom. The number of allylic oxidation sites excluding steroid dienone is 1. The van der Waals surface area contributed by atoms with Crippen molar-refractivity contribution in [1.82, 2.24) is 0 Å². The molecule has 166 valence electrons. The van der Waals surface area contributed by atoms with Crippen molar-refractivity contribution in [1.29, 1.82) is 0 Å². The predicted molar refractivity (Wildman–Crippen MR) is 133 cm³/mol. The molecule has 2 aromatic carbocycles. The van der Waals surface area contributed by atoms with Gasteiger partial charge in [0.2, 0.25) is 0 Å². The third kappa shape index (κ3) is 13.4. The Kier molecular flexibility index (Phi) is 39.6. The van der Waals surface area contributed by atoms with Crippen LogP contribution in [0.3, 0.4) is 0 Å². The maximum absolute atomic E-state index is 3.49. The van der Waals surface area contributed by atoms with Crippen molar-refractivity contribution in [3.05, 3.63) is 123 Å². The summed E-state index contributed by atoms with van der Waals surface area (Å²) in [6.07, 6.45) is 9.49. The fourth-order valence-electron chi connectivity index (χ4n) is 2.54. The first-order valence-electron chi connectivity index (χ1n) is 7.59. The molecule has 28 heavy (non-hydrogen) atoms. The molecule has 0 spiro atoms. The maximum atomic E-state index is 3.49. The minimum atomic E-state index is 0. The second-order valence-electron chi connectivity index (χ2n) is 5.53. The van der Waals surface area contributed by atoms with Crippen LogP contribution in [0.2, 0.25) is 0 Å². The Morgan fingerprint density at radius 2 is 1.36 bits per heavy atom. The van der Waals surface area contributed by atoms with Crippen molar-refractivity contribution < 1.29 is 25.8 Å². The normalized spacial score (nSPS) is 11.2. The summed E-state index contributed by atoms with van der Waals surface area (Å²) in [6.45, 7) is 6.63. The first kappa shape index (κ1) is 45.7. The second-order valence-corrected chi connectivity index (χ2v) is 5.53. The van der Waals surface area contributed by atoms with E-state index in [-0.39, 0.29) is 77.8 Å². The van der Waals surface area contributed by atoms with Crippen molar-refractivity contribution in [3.63, 3.8) is 0 Å². The molecule has 0 fully saturated rings. The molecular weight excluding hydrogens is 503 g/mol. The van der Waals surface area contributed by atoms with Crippen LogP contribution in [0.1, 0.15) is 54.4 Å². The maximum Gasteiger partial charge on any atom is 0 e. The van der Waals surface area contributed by atoms with Crippen molar-refractivity contribution in [2.24, 2.45) is 0 Å². The second kappa shape index (κ2) is 24.2. The smallest absolute Gasteiger partial charge is 0 e. The molecule has 3 rings (SSSR count). The summed E-state index contributed by atoms with van der Waals surface area (Å²) in [7, 11) is 0. The minimum absolute atomic E-state index is 0. The average Bonchev–Trinajstić information content (AvgIpc) is 3.11. The van der Waals surface area contributed by atoms with Gasteiger partial charge in [0.15, 0.2) is 0 Å². The van der Waals surface area contributed by atoms with Crippen LogP contribution in [-0.2, 0) is 25.8 Å². The van der Waals surface area contributed by atoms with E-state index < -0.39 is 0 Å². The average molecular weight is 548 g/mol. The molecule has 1 unspecified atom stereocenters. The molecule has 0 saturated heterocycles. The van der Waals surface area contributed by atoms with Crippen LogP contribution in [0.4, 0.5) is 0 Å². The number of hydrogen-bond donors (Lipinski definition) is 0. The summed E-state index contributed by atoms with van der Waals surface area (Å²) in [6, 6.07) is 14.6. The van der Waals surface area contributed by atoms with Crippen molar-refractivity contribution in [3.8, 4) is 0 Å². The van der Waals surface area contributed by atoms with Gasteiger partial charge in [-0.25, -0.2) is 18.2 Å². The van der Waals surface area contributed by atoms with Crippen LogP contribution in [0, 0.1) is 71.9 Å². The molecule has 0 aliphatic heterocycles. The van der Waals surface area contributed by atoms with Gasteiger partial charge in [0.1, 0.15) is 0 Å². The first-order valence-corrected chi connectivity index (χ1v) is 7.59. The van der Waals surface area contributed by atoms with Crippen LogP contribution < -0.4 is 0 Å². The number of hydrogen-bond acceptors (Lipinski definition) is 0. The minimum Gasteiger partial charge on any atom is -0.358 e. The summed E-state index contributed by atoms with van der Waals surface area (Å²) in [5.74, 6) is 0.555. The number of unbranched alkanes of at least 4 members (excludes halogenated alkanes) is 1. The van der Waals surface area contributed by atoms with Crippen LogP contribution in [0.25, 0.3) is 6.08 Å². The van der Waals surface area contributed by atoms with Gasteiger partial charge in [0.25, 0.3) is 0 Å². The van der Waals surface area contributed by atoms with Gasteiger partial charge in [0.05, 0.1) is 0 Å². The number of benzene rings is 1. The molecule has 0 aromatic heterocycles. The molecule has 0 amide bonds.